The number of carbonyl (C=O) groups excluding carboxylic acids is 1. The van der Waals surface area contributed by atoms with Crippen molar-refractivity contribution in [2.45, 2.75) is 46.6 Å². The molecule has 1 aliphatic heterocycles. The van der Waals surface area contributed by atoms with E-state index in [-0.39, 0.29) is 17.9 Å². The van der Waals surface area contributed by atoms with Crippen molar-refractivity contribution >= 4 is 17.7 Å². The van der Waals surface area contributed by atoms with Gasteiger partial charge in [0.1, 0.15) is 5.82 Å². The highest BCUT2D eigenvalue weighted by Gasteiger charge is 2.32. The number of carbonyl (C=O) groups is 1. The first-order valence-electron chi connectivity index (χ1n) is 8.81. The molecule has 6 nitrogen and oxygen atoms in total. The van der Waals surface area contributed by atoms with Crippen molar-refractivity contribution < 1.29 is 4.79 Å². The number of aromatic nitrogens is 3. The molecule has 25 heavy (non-hydrogen) atoms. The lowest BCUT2D eigenvalue weighted by Gasteiger charge is -2.26. The average Bonchev–Trinajstić information content (AvgIpc) is 3.02. The summed E-state index contributed by atoms with van der Waals surface area (Å²) in [5, 5.41) is 3.18. The van der Waals surface area contributed by atoms with E-state index in [1.807, 2.05) is 56.9 Å². The van der Waals surface area contributed by atoms with Crippen molar-refractivity contribution in [2.24, 2.45) is 5.92 Å². The van der Waals surface area contributed by atoms with Gasteiger partial charge in [0, 0.05) is 23.9 Å². The van der Waals surface area contributed by atoms with Gasteiger partial charge in [0.05, 0.1) is 11.7 Å². The molecule has 2 aromatic heterocycles. The number of nitrogens with zero attached hydrogens (tertiary/aromatic N) is 4. The number of aryl methyl sites for hydroxylation is 2. The maximum atomic E-state index is 12.4. The fourth-order valence-electron chi connectivity index (χ4n) is 3.27. The molecule has 1 unspecified atom stereocenters. The minimum Gasteiger partial charge on any atom is -0.334 e. The summed E-state index contributed by atoms with van der Waals surface area (Å²) in [6, 6.07) is 7.84. The van der Waals surface area contributed by atoms with Crippen LogP contribution in [0.2, 0.25) is 0 Å². The van der Waals surface area contributed by atoms with Gasteiger partial charge in [-0.3, -0.25) is 4.79 Å². The second-order valence-electron chi connectivity index (χ2n) is 6.89. The zero-order valence-corrected chi connectivity index (χ0v) is 15.3. The predicted octanol–water partition coefficient (Wildman–Crippen LogP) is 3.55. The second-order valence-corrected chi connectivity index (χ2v) is 6.89. The Morgan fingerprint density at radius 1 is 1.20 bits per heavy atom. The van der Waals surface area contributed by atoms with Crippen LogP contribution in [0.3, 0.4) is 0 Å². The number of nitrogens with one attached hydrogen (secondary N) is 1. The van der Waals surface area contributed by atoms with Crippen LogP contribution in [-0.2, 0) is 4.79 Å². The maximum Gasteiger partial charge on any atom is 0.228 e. The Balaban J connectivity index is 1.82. The Morgan fingerprint density at radius 2 is 1.92 bits per heavy atom. The largest absolute Gasteiger partial charge is 0.334 e. The van der Waals surface area contributed by atoms with Crippen LogP contribution in [0.4, 0.5) is 11.8 Å². The van der Waals surface area contributed by atoms with Crippen molar-refractivity contribution in [3.8, 4) is 0 Å². The number of pyridine rings is 1. The van der Waals surface area contributed by atoms with E-state index in [9.17, 15) is 4.79 Å². The molecule has 1 aliphatic rings. The summed E-state index contributed by atoms with van der Waals surface area (Å²) >= 11 is 0. The van der Waals surface area contributed by atoms with Gasteiger partial charge in [-0.05, 0) is 44.9 Å². The van der Waals surface area contributed by atoms with Crippen LogP contribution in [0.25, 0.3) is 0 Å². The lowest BCUT2D eigenvalue weighted by Crippen LogP contribution is -2.34. The van der Waals surface area contributed by atoms with Crippen LogP contribution in [0.5, 0.6) is 0 Å². The van der Waals surface area contributed by atoms with Crippen molar-refractivity contribution in [3.05, 3.63) is 41.3 Å². The quantitative estimate of drug-likeness (QED) is 0.922. The van der Waals surface area contributed by atoms with Gasteiger partial charge < -0.3 is 10.2 Å². The van der Waals surface area contributed by atoms with Crippen molar-refractivity contribution in [2.75, 3.05) is 11.9 Å². The van der Waals surface area contributed by atoms with Crippen molar-refractivity contribution in [3.63, 3.8) is 0 Å². The monoisotopic (exact) mass is 339 g/mol. The normalized spacial score (nSPS) is 17.2. The van der Waals surface area contributed by atoms with Crippen LogP contribution >= 0.6 is 0 Å². The highest BCUT2D eigenvalue weighted by Crippen LogP contribution is 2.32. The van der Waals surface area contributed by atoms with Crippen LogP contribution in [0.1, 0.15) is 49.8 Å². The summed E-state index contributed by atoms with van der Waals surface area (Å²) in [6.07, 6.45) is 1.97. The molecule has 0 aromatic carbocycles. The zero-order valence-electron chi connectivity index (χ0n) is 15.3. The Morgan fingerprint density at radius 3 is 2.60 bits per heavy atom. The Bertz CT molecular complexity index is 754. The SMILES string of the molecule is Cc1cc(C)nc(Nc2cccc(C3CCCN3C(=O)C(C)C)n2)n1. The standard InChI is InChI=1S/C19H25N5O/c1-12(2)18(25)24-10-6-8-16(24)15-7-5-9-17(22-15)23-19-20-13(3)11-14(4)21-19/h5,7,9,11-12,16H,6,8,10H2,1-4H3,(H,20,21,22,23). The third-order valence-electron chi connectivity index (χ3n) is 4.36. The molecular weight excluding hydrogens is 314 g/mol. The number of hydrogen-bond acceptors (Lipinski definition) is 5. The van der Waals surface area contributed by atoms with Gasteiger partial charge in [-0.2, -0.15) is 0 Å². The third kappa shape index (κ3) is 3.95. The van der Waals surface area contributed by atoms with E-state index in [2.05, 4.69) is 15.3 Å². The fourth-order valence-corrected chi connectivity index (χ4v) is 3.27. The molecular formula is C19H25N5O. The summed E-state index contributed by atoms with van der Waals surface area (Å²) < 4.78 is 0. The van der Waals surface area contributed by atoms with Crippen molar-refractivity contribution in [1.82, 2.24) is 19.9 Å². The Labute approximate surface area is 148 Å². The van der Waals surface area contributed by atoms with Crippen LogP contribution < -0.4 is 5.32 Å². The number of hydrogen-bond donors (Lipinski definition) is 1. The molecule has 6 heteroatoms. The number of likely N-dealkylation sites (tertiary alicyclic amines) is 1. The first-order chi connectivity index (χ1) is 11.9. The Hall–Kier alpha value is -2.50. The lowest BCUT2D eigenvalue weighted by atomic mass is 10.1. The van der Waals surface area contributed by atoms with E-state index >= 15 is 0 Å². The molecule has 1 amide bonds. The zero-order chi connectivity index (χ0) is 18.0. The average molecular weight is 339 g/mol. The first-order valence-corrected chi connectivity index (χ1v) is 8.81. The molecule has 0 radical (unpaired) electrons. The van der Waals surface area contributed by atoms with Gasteiger partial charge in [0.25, 0.3) is 0 Å². The first kappa shape index (κ1) is 17.3. The highest BCUT2D eigenvalue weighted by molar-refractivity contribution is 5.78. The van der Waals surface area contributed by atoms with Gasteiger partial charge in [-0.25, -0.2) is 15.0 Å². The fraction of sp³-hybridized carbons (Fsp3) is 0.474. The van der Waals surface area contributed by atoms with Crippen LogP contribution in [-0.4, -0.2) is 32.3 Å². The van der Waals surface area contributed by atoms with Crippen LogP contribution in [0, 0.1) is 19.8 Å². The second kappa shape index (κ2) is 7.17. The molecule has 0 spiro atoms. The summed E-state index contributed by atoms with van der Waals surface area (Å²) in [7, 11) is 0. The topological polar surface area (TPSA) is 71.0 Å². The summed E-state index contributed by atoms with van der Waals surface area (Å²) in [5.41, 5.74) is 2.74. The number of amides is 1. The van der Waals surface area contributed by atoms with Gasteiger partial charge in [-0.1, -0.05) is 19.9 Å². The van der Waals surface area contributed by atoms with E-state index in [0.29, 0.717) is 11.8 Å². The lowest BCUT2D eigenvalue weighted by molar-refractivity contribution is -0.135. The highest BCUT2D eigenvalue weighted by atomic mass is 16.2. The minimum atomic E-state index is 0.00516. The maximum absolute atomic E-state index is 12.4. The Kier molecular flexibility index (Phi) is 4.97. The molecule has 2 aromatic rings. The molecule has 132 valence electrons. The van der Waals surface area contributed by atoms with Gasteiger partial charge >= 0.3 is 0 Å². The summed E-state index contributed by atoms with van der Waals surface area (Å²) in [6.45, 7) is 8.58. The molecule has 3 heterocycles. The summed E-state index contributed by atoms with van der Waals surface area (Å²) in [4.78, 5) is 27.9. The smallest absolute Gasteiger partial charge is 0.228 e. The molecule has 0 bridgehead atoms. The number of anilines is 2. The molecule has 1 saturated heterocycles. The van der Waals surface area contributed by atoms with Gasteiger partial charge in [-0.15, -0.1) is 0 Å². The van der Waals surface area contributed by atoms with E-state index < -0.39 is 0 Å². The number of rotatable bonds is 4. The van der Waals surface area contributed by atoms with Crippen molar-refractivity contribution in [1.29, 1.82) is 0 Å². The summed E-state index contributed by atoms with van der Waals surface area (Å²) in [5.74, 6) is 1.45. The van der Waals surface area contributed by atoms with Gasteiger partial charge in [0.2, 0.25) is 11.9 Å². The van der Waals surface area contributed by atoms with Gasteiger partial charge in [0.15, 0.2) is 0 Å². The molecule has 1 fully saturated rings. The van der Waals surface area contributed by atoms with E-state index in [1.165, 1.54) is 0 Å². The molecule has 1 atom stereocenters. The molecule has 0 saturated carbocycles. The third-order valence-corrected chi connectivity index (χ3v) is 4.36. The van der Waals surface area contributed by atoms with E-state index in [4.69, 9.17) is 4.98 Å². The minimum absolute atomic E-state index is 0.00516. The molecule has 0 aliphatic carbocycles. The van der Waals surface area contributed by atoms with E-state index in [0.717, 1.165) is 36.5 Å². The van der Waals surface area contributed by atoms with E-state index in [1.54, 1.807) is 0 Å². The molecule has 3 rings (SSSR count). The van der Waals surface area contributed by atoms with Crippen LogP contribution in [0.15, 0.2) is 24.3 Å². The molecule has 1 N–H and O–H groups in total. The predicted molar refractivity (Wildman–Crippen MR) is 97.6 cm³/mol.